The molecule has 1 aromatic carbocycles. The van der Waals surface area contributed by atoms with Crippen molar-refractivity contribution in [1.29, 1.82) is 0 Å². The SMILES string of the molecule is CCc1ccccc1CNc1ncc([N+](=O)[O-])c(C)c1Br. The molecule has 0 aliphatic carbocycles. The first-order chi connectivity index (χ1) is 10.0. The van der Waals surface area contributed by atoms with Gasteiger partial charge in [0.25, 0.3) is 5.69 Å². The molecule has 0 atom stereocenters. The van der Waals surface area contributed by atoms with Gasteiger partial charge in [0, 0.05) is 12.1 Å². The van der Waals surface area contributed by atoms with Gasteiger partial charge in [-0.3, -0.25) is 10.1 Å². The molecule has 1 heterocycles. The summed E-state index contributed by atoms with van der Waals surface area (Å²) < 4.78 is 0.630. The van der Waals surface area contributed by atoms with Gasteiger partial charge in [-0.15, -0.1) is 0 Å². The fraction of sp³-hybridized carbons (Fsp3) is 0.267. The van der Waals surface area contributed by atoms with Gasteiger partial charge in [0.15, 0.2) is 0 Å². The van der Waals surface area contributed by atoms with E-state index in [1.807, 2.05) is 12.1 Å². The van der Waals surface area contributed by atoms with Gasteiger partial charge >= 0.3 is 0 Å². The molecule has 0 aliphatic rings. The molecular weight excluding hydrogens is 334 g/mol. The Balaban J connectivity index is 2.21. The lowest BCUT2D eigenvalue weighted by Crippen LogP contribution is -2.06. The summed E-state index contributed by atoms with van der Waals surface area (Å²) in [6, 6.07) is 8.19. The molecule has 0 spiro atoms. The van der Waals surface area contributed by atoms with Crippen LogP contribution in [0.15, 0.2) is 34.9 Å². The van der Waals surface area contributed by atoms with E-state index < -0.39 is 4.92 Å². The van der Waals surface area contributed by atoms with Gasteiger partial charge < -0.3 is 5.32 Å². The Hall–Kier alpha value is -1.95. The van der Waals surface area contributed by atoms with Crippen LogP contribution in [0.25, 0.3) is 0 Å². The molecule has 5 nitrogen and oxygen atoms in total. The Labute approximate surface area is 131 Å². The molecule has 0 amide bonds. The third-order valence-corrected chi connectivity index (χ3v) is 4.35. The van der Waals surface area contributed by atoms with Gasteiger partial charge in [-0.2, -0.15) is 0 Å². The van der Waals surface area contributed by atoms with Crippen LogP contribution < -0.4 is 5.32 Å². The number of anilines is 1. The van der Waals surface area contributed by atoms with E-state index in [4.69, 9.17) is 0 Å². The highest BCUT2D eigenvalue weighted by Gasteiger charge is 2.17. The summed E-state index contributed by atoms with van der Waals surface area (Å²) in [5.41, 5.74) is 3.06. The molecule has 1 aromatic heterocycles. The number of hydrogen-bond acceptors (Lipinski definition) is 4. The molecule has 0 aliphatic heterocycles. The molecule has 21 heavy (non-hydrogen) atoms. The number of halogens is 1. The molecular formula is C15H16BrN3O2. The van der Waals surface area contributed by atoms with Crippen LogP contribution >= 0.6 is 15.9 Å². The van der Waals surface area contributed by atoms with Gasteiger partial charge in [0.1, 0.15) is 12.0 Å². The van der Waals surface area contributed by atoms with E-state index in [-0.39, 0.29) is 5.69 Å². The number of aryl methyl sites for hydroxylation is 1. The van der Waals surface area contributed by atoms with Crippen LogP contribution in [0.3, 0.4) is 0 Å². The average molecular weight is 350 g/mol. The number of pyridine rings is 1. The van der Waals surface area contributed by atoms with Crippen molar-refractivity contribution in [1.82, 2.24) is 4.98 Å². The quantitative estimate of drug-likeness (QED) is 0.647. The minimum absolute atomic E-state index is 0.0152. The summed E-state index contributed by atoms with van der Waals surface area (Å²) in [6.45, 7) is 4.45. The highest BCUT2D eigenvalue weighted by Crippen LogP contribution is 2.30. The maximum Gasteiger partial charge on any atom is 0.291 e. The molecule has 2 rings (SSSR count). The number of nitrogens with zero attached hydrogens (tertiary/aromatic N) is 2. The monoisotopic (exact) mass is 349 g/mol. The van der Waals surface area contributed by atoms with Crippen LogP contribution in [0, 0.1) is 17.0 Å². The van der Waals surface area contributed by atoms with Crippen molar-refractivity contribution < 1.29 is 4.92 Å². The number of benzene rings is 1. The van der Waals surface area contributed by atoms with Crippen molar-refractivity contribution in [3.63, 3.8) is 0 Å². The fourth-order valence-corrected chi connectivity index (χ4v) is 2.58. The van der Waals surface area contributed by atoms with E-state index in [1.165, 1.54) is 17.3 Å². The van der Waals surface area contributed by atoms with Gasteiger partial charge in [-0.25, -0.2) is 4.98 Å². The van der Waals surface area contributed by atoms with Crippen LogP contribution in [0.5, 0.6) is 0 Å². The lowest BCUT2D eigenvalue weighted by Gasteiger charge is -2.12. The number of nitro groups is 1. The normalized spacial score (nSPS) is 10.4. The fourth-order valence-electron chi connectivity index (χ4n) is 2.13. The van der Waals surface area contributed by atoms with Crippen molar-refractivity contribution in [2.45, 2.75) is 26.8 Å². The minimum Gasteiger partial charge on any atom is -0.365 e. The van der Waals surface area contributed by atoms with Crippen molar-refractivity contribution in [2.75, 3.05) is 5.32 Å². The second kappa shape index (κ2) is 6.67. The van der Waals surface area contributed by atoms with E-state index in [0.29, 0.717) is 22.4 Å². The predicted octanol–water partition coefficient (Wildman–Crippen LogP) is 4.24. The highest BCUT2D eigenvalue weighted by molar-refractivity contribution is 9.10. The van der Waals surface area contributed by atoms with Gasteiger partial charge in [-0.05, 0) is 40.4 Å². The Bertz CT molecular complexity index is 674. The first-order valence-corrected chi connectivity index (χ1v) is 7.44. The van der Waals surface area contributed by atoms with E-state index in [2.05, 4.69) is 45.3 Å². The topological polar surface area (TPSA) is 68.1 Å². The molecule has 0 saturated carbocycles. The Morgan fingerprint density at radius 3 is 2.62 bits per heavy atom. The maximum atomic E-state index is 10.9. The van der Waals surface area contributed by atoms with Gasteiger partial charge in [0.05, 0.1) is 9.40 Å². The summed E-state index contributed by atoms with van der Waals surface area (Å²) in [5.74, 6) is 0.615. The van der Waals surface area contributed by atoms with E-state index in [1.54, 1.807) is 6.92 Å². The zero-order valence-corrected chi connectivity index (χ0v) is 13.5. The predicted molar refractivity (Wildman–Crippen MR) is 86.5 cm³/mol. The summed E-state index contributed by atoms with van der Waals surface area (Å²) in [7, 11) is 0. The second-order valence-corrected chi connectivity index (χ2v) is 5.46. The van der Waals surface area contributed by atoms with E-state index >= 15 is 0 Å². The van der Waals surface area contributed by atoms with Gasteiger partial charge in [-0.1, -0.05) is 31.2 Å². The lowest BCUT2D eigenvalue weighted by atomic mass is 10.1. The first kappa shape index (κ1) is 15.4. The zero-order chi connectivity index (χ0) is 15.4. The molecule has 0 fully saturated rings. The standard InChI is InChI=1S/C15H16BrN3O2/c1-3-11-6-4-5-7-12(11)8-17-15-14(16)10(2)13(9-18-15)19(20)21/h4-7,9H,3,8H2,1-2H3,(H,17,18). The molecule has 0 saturated heterocycles. The minimum atomic E-state index is -0.427. The highest BCUT2D eigenvalue weighted by atomic mass is 79.9. The average Bonchev–Trinajstić information content (AvgIpc) is 2.48. The molecule has 1 N–H and O–H groups in total. The van der Waals surface area contributed by atoms with Gasteiger partial charge in [0.2, 0.25) is 0 Å². The van der Waals surface area contributed by atoms with Crippen molar-refractivity contribution in [3.05, 3.63) is 61.7 Å². The third-order valence-electron chi connectivity index (χ3n) is 3.38. The Kier molecular flexibility index (Phi) is 4.90. The van der Waals surface area contributed by atoms with Crippen LogP contribution in [0.1, 0.15) is 23.6 Å². The van der Waals surface area contributed by atoms with Crippen molar-refractivity contribution in [3.8, 4) is 0 Å². The Morgan fingerprint density at radius 2 is 2.00 bits per heavy atom. The summed E-state index contributed by atoms with van der Waals surface area (Å²) in [4.78, 5) is 14.6. The summed E-state index contributed by atoms with van der Waals surface area (Å²) in [5, 5.41) is 14.1. The number of nitrogens with one attached hydrogen (secondary N) is 1. The summed E-state index contributed by atoms with van der Waals surface area (Å²) >= 11 is 3.38. The third kappa shape index (κ3) is 3.39. The largest absolute Gasteiger partial charge is 0.365 e. The molecule has 6 heteroatoms. The second-order valence-electron chi connectivity index (χ2n) is 4.66. The first-order valence-electron chi connectivity index (χ1n) is 6.64. The number of hydrogen-bond donors (Lipinski definition) is 1. The van der Waals surface area contributed by atoms with E-state index in [0.717, 1.165) is 6.42 Å². The maximum absolute atomic E-state index is 10.9. The van der Waals surface area contributed by atoms with Crippen molar-refractivity contribution >= 4 is 27.4 Å². The summed E-state index contributed by atoms with van der Waals surface area (Å²) in [6.07, 6.45) is 2.25. The molecule has 2 aromatic rings. The van der Waals surface area contributed by atoms with Crippen LogP contribution in [-0.2, 0) is 13.0 Å². The van der Waals surface area contributed by atoms with Crippen LogP contribution in [-0.4, -0.2) is 9.91 Å². The lowest BCUT2D eigenvalue weighted by molar-refractivity contribution is -0.385. The molecule has 0 unspecified atom stereocenters. The molecule has 0 radical (unpaired) electrons. The molecule has 0 bridgehead atoms. The number of aromatic nitrogens is 1. The van der Waals surface area contributed by atoms with Crippen LogP contribution in [0.2, 0.25) is 0 Å². The van der Waals surface area contributed by atoms with E-state index in [9.17, 15) is 10.1 Å². The number of rotatable bonds is 5. The Morgan fingerprint density at radius 1 is 1.33 bits per heavy atom. The van der Waals surface area contributed by atoms with Crippen LogP contribution in [0.4, 0.5) is 11.5 Å². The zero-order valence-electron chi connectivity index (χ0n) is 11.9. The molecule has 110 valence electrons. The van der Waals surface area contributed by atoms with Crippen molar-refractivity contribution in [2.24, 2.45) is 0 Å². The smallest absolute Gasteiger partial charge is 0.291 e.